The van der Waals surface area contributed by atoms with Crippen LogP contribution in [0.25, 0.3) is 0 Å². The lowest BCUT2D eigenvalue weighted by Gasteiger charge is -2.41. The van der Waals surface area contributed by atoms with Crippen LogP contribution < -0.4 is 5.32 Å². The van der Waals surface area contributed by atoms with E-state index in [1.807, 2.05) is 0 Å². The number of hydrogen-bond donors (Lipinski definition) is 1. The van der Waals surface area contributed by atoms with Crippen LogP contribution in [-0.4, -0.2) is 38.1 Å². The summed E-state index contributed by atoms with van der Waals surface area (Å²) in [6, 6.07) is 0. The first-order chi connectivity index (χ1) is 9.28. The van der Waals surface area contributed by atoms with Crippen molar-refractivity contribution < 1.29 is 0 Å². The lowest BCUT2D eigenvalue weighted by atomic mass is 9.79. The topological polar surface area (TPSA) is 15.3 Å². The molecule has 0 aromatic rings. The average Bonchev–Trinajstić information content (AvgIpc) is 2.66. The van der Waals surface area contributed by atoms with E-state index in [0.29, 0.717) is 5.41 Å². The third-order valence-electron chi connectivity index (χ3n) is 5.56. The smallest absolute Gasteiger partial charge is 0.00501 e. The molecule has 2 nitrogen and oxygen atoms in total. The summed E-state index contributed by atoms with van der Waals surface area (Å²) >= 11 is 0. The van der Waals surface area contributed by atoms with Crippen LogP contribution in [0.1, 0.15) is 64.7 Å². The van der Waals surface area contributed by atoms with Crippen LogP contribution in [0.2, 0.25) is 0 Å². The first-order valence-corrected chi connectivity index (χ1v) is 8.65. The summed E-state index contributed by atoms with van der Waals surface area (Å²) in [4.78, 5) is 2.77. The summed E-state index contributed by atoms with van der Waals surface area (Å²) in [5.74, 6) is 1.01. The molecule has 1 heterocycles. The predicted octanol–water partition coefficient (Wildman–Crippen LogP) is 3.67. The highest BCUT2D eigenvalue weighted by molar-refractivity contribution is 4.87. The lowest BCUT2D eigenvalue weighted by Crippen LogP contribution is -2.46. The van der Waals surface area contributed by atoms with E-state index in [4.69, 9.17) is 0 Å². The van der Waals surface area contributed by atoms with E-state index < -0.39 is 0 Å². The third-order valence-corrected chi connectivity index (χ3v) is 5.56. The number of rotatable bonds is 5. The highest BCUT2D eigenvalue weighted by Gasteiger charge is 2.33. The van der Waals surface area contributed by atoms with Crippen molar-refractivity contribution in [1.29, 1.82) is 0 Å². The van der Waals surface area contributed by atoms with Crippen molar-refractivity contribution >= 4 is 0 Å². The van der Waals surface area contributed by atoms with Gasteiger partial charge in [-0.05, 0) is 57.2 Å². The first-order valence-electron chi connectivity index (χ1n) is 8.65. The molecule has 2 aliphatic rings. The summed E-state index contributed by atoms with van der Waals surface area (Å²) in [5, 5.41) is 3.49. The molecule has 2 heteroatoms. The van der Waals surface area contributed by atoms with Crippen molar-refractivity contribution in [3.05, 3.63) is 0 Å². The minimum absolute atomic E-state index is 0.574. The van der Waals surface area contributed by atoms with Crippen LogP contribution in [0.5, 0.6) is 0 Å². The standard InChI is InChI=1S/C17H34N2/c1-3-16-8-12-19(13-9-16)15-17(14-18-2)10-6-4-5-7-11-17/h16,18H,3-15H2,1-2H3. The van der Waals surface area contributed by atoms with Gasteiger partial charge in [-0.15, -0.1) is 0 Å². The molecule has 0 radical (unpaired) electrons. The van der Waals surface area contributed by atoms with E-state index in [2.05, 4.69) is 24.2 Å². The van der Waals surface area contributed by atoms with Gasteiger partial charge in [0.15, 0.2) is 0 Å². The summed E-state index contributed by atoms with van der Waals surface area (Å²) in [6.07, 6.45) is 13.0. The Morgan fingerprint density at radius 1 is 1.05 bits per heavy atom. The van der Waals surface area contributed by atoms with E-state index in [9.17, 15) is 0 Å². The normalized spacial score (nSPS) is 26.2. The molecule has 0 unspecified atom stereocenters. The number of nitrogens with zero attached hydrogens (tertiary/aromatic N) is 1. The Hall–Kier alpha value is -0.0800. The maximum atomic E-state index is 3.49. The third kappa shape index (κ3) is 4.46. The van der Waals surface area contributed by atoms with Crippen molar-refractivity contribution in [3.63, 3.8) is 0 Å². The number of nitrogens with one attached hydrogen (secondary N) is 1. The fraction of sp³-hybridized carbons (Fsp3) is 1.00. The van der Waals surface area contributed by atoms with Gasteiger partial charge in [-0.3, -0.25) is 0 Å². The minimum Gasteiger partial charge on any atom is -0.319 e. The molecule has 0 amide bonds. The average molecular weight is 266 g/mol. The lowest BCUT2D eigenvalue weighted by molar-refractivity contribution is 0.0956. The van der Waals surface area contributed by atoms with Crippen molar-refractivity contribution in [2.45, 2.75) is 64.7 Å². The molecule has 1 saturated heterocycles. The van der Waals surface area contributed by atoms with Gasteiger partial charge in [0.2, 0.25) is 0 Å². The maximum absolute atomic E-state index is 3.49. The Labute approximate surface area is 120 Å². The number of likely N-dealkylation sites (tertiary alicyclic amines) is 1. The van der Waals surface area contributed by atoms with Gasteiger partial charge in [-0.2, -0.15) is 0 Å². The quantitative estimate of drug-likeness (QED) is 0.764. The molecule has 1 aliphatic heterocycles. The van der Waals surface area contributed by atoms with Crippen LogP contribution in [0.3, 0.4) is 0 Å². The summed E-state index contributed by atoms with van der Waals surface area (Å²) in [5.41, 5.74) is 0.574. The van der Waals surface area contributed by atoms with Crippen LogP contribution >= 0.6 is 0 Å². The Morgan fingerprint density at radius 3 is 2.21 bits per heavy atom. The van der Waals surface area contributed by atoms with E-state index in [-0.39, 0.29) is 0 Å². The molecule has 112 valence electrons. The Balaban J connectivity index is 1.89. The van der Waals surface area contributed by atoms with Gasteiger partial charge in [-0.25, -0.2) is 0 Å². The zero-order valence-corrected chi connectivity index (χ0v) is 13.2. The molecule has 19 heavy (non-hydrogen) atoms. The number of piperidine rings is 1. The van der Waals surface area contributed by atoms with Gasteiger partial charge in [0.1, 0.15) is 0 Å². The zero-order valence-electron chi connectivity index (χ0n) is 13.2. The second-order valence-electron chi connectivity index (χ2n) is 7.07. The maximum Gasteiger partial charge on any atom is 0.00501 e. The molecule has 1 saturated carbocycles. The summed E-state index contributed by atoms with van der Waals surface area (Å²) in [7, 11) is 2.13. The van der Waals surface area contributed by atoms with Crippen molar-refractivity contribution in [2.24, 2.45) is 11.3 Å². The van der Waals surface area contributed by atoms with Gasteiger partial charge < -0.3 is 10.2 Å². The Bertz CT molecular complexity index is 236. The van der Waals surface area contributed by atoms with Crippen LogP contribution in [0.15, 0.2) is 0 Å². The zero-order chi connectivity index (χ0) is 13.6. The van der Waals surface area contributed by atoms with E-state index in [0.717, 1.165) is 5.92 Å². The second-order valence-corrected chi connectivity index (χ2v) is 7.07. The summed E-state index contributed by atoms with van der Waals surface area (Å²) < 4.78 is 0. The fourth-order valence-corrected chi connectivity index (χ4v) is 4.27. The summed E-state index contributed by atoms with van der Waals surface area (Å²) in [6.45, 7) is 7.63. The van der Waals surface area contributed by atoms with E-state index in [1.54, 1.807) is 0 Å². The molecule has 0 aromatic heterocycles. The molecule has 0 aromatic carbocycles. The van der Waals surface area contributed by atoms with E-state index in [1.165, 1.54) is 84.0 Å². The molecular formula is C17H34N2. The molecule has 2 rings (SSSR count). The van der Waals surface area contributed by atoms with Crippen molar-refractivity contribution in [3.8, 4) is 0 Å². The minimum atomic E-state index is 0.574. The molecule has 1 aliphatic carbocycles. The molecule has 0 spiro atoms. The largest absolute Gasteiger partial charge is 0.319 e. The molecule has 0 bridgehead atoms. The van der Waals surface area contributed by atoms with Gasteiger partial charge in [0, 0.05) is 13.1 Å². The van der Waals surface area contributed by atoms with Gasteiger partial charge >= 0.3 is 0 Å². The molecule has 2 fully saturated rings. The van der Waals surface area contributed by atoms with Gasteiger partial charge in [0.05, 0.1) is 0 Å². The highest BCUT2D eigenvalue weighted by Crippen LogP contribution is 2.36. The van der Waals surface area contributed by atoms with Crippen LogP contribution in [0, 0.1) is 11.3 Å². The van der Waals surface area contributed by atoms with Crippen LogP contribution in [0.4, 0.5) is 0 Å². The molecule has 1 N–H and O–H groups in total. The Kier molecular flexibility index (Phi) is 6.15. The first kappa shape index (κ1) is 15.3. The highest BCUT2D eigenvalue weighted by atomic mass is 15.1. The van der Waals surface area contributed by atoms with Gasteiger partial charge in [0.25, 0.3) is 0 Å². The van der Waals surface area contributed by atoms with Crippen molar-refractivity contribution in [1.82, 2.24) is 10.2 Å². The van der Waals surface area contributed by atoms with E-state index >= 15 is 0 Å². The fourth-order valence-electron chi connectivity index (χ4n) is 4.27. The molecule has 0 atom stereocenters. The second kappa shape index (κ2) is 7.64. The predicted molar refractivity (Wildman–Crippen MR) is 83.5 cm³/mol. The monoisotopic (exact) mass is 266 g/mol. The molecular weight excluding hydrogens is 232 g/mol. The van der Waals surface area contributed by atoms with Crippen LogP contribution in [-0.2, 0) is 0 Å². The Morgan fingerprint density at radius 2 is 1.68 bits per heavy atom. The van der Waals surface area contributed by atoms with Gasteiger partial charge in [-0.1, -0.05) is 39.0 Å². The SMILES string of the molecule is CCC1CCN(CC2(CNC)CCCCCC2)CC1. The number of hydrogen-bond acceptors (Lipinski definition) is 2. The van der Waals surface area contributed by atoms with Crippen molar-refractivity contribution in [2.75, 3.05) is 33.2 Å².